The molecule has 1 saturated heterocycles. The van der Waals surface area contributed by atoms with Gasteiger partial charge in [-0.2, -0.15) is 5.10 Å². The van der Waals surface area contributed by atoms with Crippen LogP contribution >= 0.6 is 0 Å². The predicted octanol–water partition coefficient (Wildman–Crippen LogP) is 1.59. The first-order chi connectivity index (χ1) is 9.72. The third-order valence-electron chi connectivity index (χ3n) is 4.16. The van der Waals surface area contributed by atoms with Crippen LogP contribution < -0.4 is 5.56 Å². The molecule has 4 rings (SSSR count). The molecule has 0 amide bonds. The first-order valence-electron chi connectivity index (χ1n) is 6.91. The van der Waals surface area contributed by atoms with Gasteiger partial charge in [-0.05, 0) is 32.1 Å². The molecule has 3 heterocycles. The van der Waals surface area contributed by atoms with E-state index in [2.05, 4.69) is 16.9 Å². The monoisotopic (exact) mass is 268 g/mol. The van der Waals surface area contributed by atoms with E-state index >= 15 is 0 Å². The molecule has 1 N–H and O–H groups in total. The Kier molecular flexibility index (Phi) is 2.44. The number of rotatable bonds is 1. The van der Waals surface area contributed by atoms with Crippen molar-refractivity contribution >= 4 is 16.6 Å². The van der Waals surface area contributed by atoms with E-state index in [0.717, 1.165) is 36.4 Å². The van der Waals surface area contributed by atoms with Crippen molar-refractivity contribution in [3.63, 3.8) is 0 Å². The summed E-state index contributed by atoms with van der Waals surface area (Å²) in [4.78, 5) is 17.3. The lowest BCUT2D eigenvalue weighted by Crippen LogP contribution is -2.13. The van der Waals surface area contributed by atoms with Crippen molar-refractivity contribution in [2.24, 2.45) is 0 Å². The van der Waals surface area contributed by atoms with Gasteiger partial charge in [0.2, 0.25) is 0 Å². The van der Waals surface area contributed by atoms with Gasteiger partial charge in [0.05, 0.1) is 16.6 Å². The van der Waals surface area contributed by atoms with Crippen molar-refractivity contribution in [3.05, 3.63) is 46.4 Å². The zero-order chi connectivity index (χ0) is 13.7. The minimum Gasteiger partial charge on any atom is -0.306 e. The molecule has 0 saturated carbocycles. The highest BCUT2D eigenvalue weighted by Crippen LogP contribution is 2.26. The minimum absolute atomic E-state index is 0.0527. The summed E-state index contributed by atoms with van der Waals surface area (Å²) in [5, 5.41) is 5.40. The highest BCUT2D eigenvalue weighted by atomic mass is 16.1. The van der Waals surface area contributed by atoms with Gasteiger partial charge in [0.25, 0.3) is 5.56 Å². The minimum atomic E-state index is -0.0527. The molecule has 1 aliphatic heterocycles. The Hall–Kier alpha value is -2.14. The number of hydrogen-bond acceptors (Lipinski definition) is 3. The second-order valence-electron chi connectivity index (χ2n) is 5.59. The summed E-state index contributed by atoms with van der Waals surface area (Å²) in [5.41, 5.74) is 2.66. The normalized spacial score (nSPS) is 20.1. The molecule has 102 valence electrons. The molecule has 2 aromatic heterocycles. The van der Waals surface area contributed by atoms with Crippen molar-refractivity contribution in [3.8, 4) is 0 Å². The van der Waals surface area contributed by atoms with Crippen molar-refractivity contribution in [2.45, 2.75) is 12.3 Å². The van der Waals surface area contributed by atoms with Crippen LogP contribution in [0.25, 0.3) is 16.6 Å². The molecule has 20 heavy (non-hydrogen) atoms. The number of para-hydroxylation sites is 1. The predicted molar refractivity (Wildman–Crippen MR) is 78.2 cm³/mol. The number of nitrogens with one attached hydrogen (secondary N) is 1. The molecule has 0 aliphatic carbocycles. The van der Waals surface area contributed by atoms with Crippen molar-refractivity contribution in [2.75, 3.05) is 20.1 Å². The Labute approximate surface area is 115 Å². The third kappa shape index (κ3) is 1.67. The molecule has 0 spiro atoms. The lowest BCUT2D eigenvalue weighted by molar-refractivity contribution is 0.410. The number of aromatic amines is 1. The van der Waals surface area contributed by atoms with Gasteiger partial charge in [-0.15, -0.1) is 0 Å². The van der Waals surface area contributed by atoms with E-state index < -0.39 is 0 Å². The summed E-state index contributed by atoms with van der Waals surface area (Å²) < 4.78 is 1.85. The standard InChI is InChI=1S/C15H16N4O/c1-18-7-6-10(9-18)12-8-14-16-15(20)11-4-2-3-5-13(11)19(14)17-12/h2-5,8,10H,6-7,9H2,1H3,(H,16,20). The summed E-state index contributed by atoms with van der Waals surface area (Å²) in [6.45, 7) is 2.14. The molecular formula is C15H16N4O. The first kappa shape index (κ1) is 11.7. The largest absolute Gasteiger partial charge is 0.306 e. The first-order valence-corrected chi connectivity index (χ1v) is 6.91. The Balaban J connectivity index is 1.95. The Morgan fingerprint density at radius 1 is 1.35 bits per heavy atom. The van der Waals surface area contributed by atoms with Crippen LogP contribution in [0.1, 0.15) is 18.0 Å². The van der Waals surface area contributed by atoms with E-state index in [9.17, 15) is 4.79 Å². The lowest BCUT2D eigenvalue weighted by atomic mass is 10.1. The van der Waals surface area contributed by atoms with Crippen LogP contribution in [0.3, 0.4) is 0 Å². The molecule has 5 nitrogen and oxygen atoms in total. The van der Waals surface area contributed by atoms with Crippen molar-refractivity contribution in [1.82, 2.24) is 19.5 Å². The van der Waals surface area contributed by atoms with Crippen LogP contribution in [0.15, 0.2) is 35.1 Å². The second kappa shape index (κ2) is 4.18. The van der Waals surface area contributed by atoms with E-state index in [4.69, 9.17) is 5.10 Å². The Morgan fingerprint density at radius 2 is 2.20 bits per heavy atom. The average molecular weight is 268 g/mol. The van der Waals surface area contributed by atoms with Crippen LogP contribution in [0.4, 0.5) is 0 Å². The number of H-pyrrole nitrogens is 1. The van der Waals surface area contributed by atoms with Crippen LogP contribution in [-0.2, 0) is 0 Å². The van der Waals surface area contributed by atoms with Gasteiger partial charge in [0.15, 0.2) is 0 Å². The number of likely N-dealkylation sites (N-methyl/N-ethyl adjacent to an activating group) is 1. The second-order valence-corrected chi connectivity index (χ2v) is 5.59. The van der Waals surface area contributed by atoms with Crippen LogP contribution in [0, 0.1) is 0 Å². The highest BCUT2D eigenvalue weighted by molar-refractivity contribution is 5.80. The number of aromatic nitrogens is 3. The van der Waals surface area contributed by atoms with Gasteiger partial charge in [-0.25, -0.2) is 4.52 Å². The summed E-state index contributed by atoms with van der Waals surface area (Å²) in [5.74, 6) is 0.460. The Bertz CT molecular complexity index is 848. The fourth-order valence-corrected chi connectivity index (χ4v) is 3.08. The van der Waals surface area contributed by atoms with Gasteiger partial charge >= 0.3 is 0 Å². The maximum Gasteiger partial charge on any atom is 0.259 e. The average Bonchev–Trinajstić information content (AvgIpc) is 3.05. The SMILES string of the molecule is CN1CCC(c2cc3[nH]c(=O)c4ccccc4n3n2)C1. The number of nitrogens with zero attached hydrogens (tertiary/aromatic N) is 3. The van der Waals surface area contributed by atoms with Crippen LogP contribution in [0.5, 0.6) is 0 Å². The fraction of sp³-hybridized carbons (Fsp3) is 0.333. The maximum absolute atomic E-state index is 12.1. The zero-order valence-corrected chi connectivity index (χ0v) is 11.3. The topological polar surface area (TPSA) is 53.4 Å². The van der Waals surface area contributed by atoms with E-state index in [-0.39, 0.29) is 5.56 Å². The zero-order valence-electron chi connectivity index (χ0n) is 11.3. The van der Waals surface area contributed by atoms with Gasteiger partial charge in [0, 0.05) is 18.5 Å². The van der Waals surface area contributed by atoms with Crippen LogP contribution in [0.2, 0.25) is 0 Å². The van der Waals surface area contributed by atoms with E-state index in [1.807, 2.05) is 34.8 Å². The smallest absolute Gasteiger partial charge is 0.259 e. The molecule has 1 aliphatic rings. The number of fused-ring (bicyclic) bond motifs is 3. The number of benzene rings is 1. The summed E-state index contributed by atoms with van der Waals surface area (Å²) in [6, 6.07) is 9.59. The van der Waals surface area contributed by atoms with Gasteiger partial charge < -0.3 is 9.88 Å². The van der Waals surface area contributed by atoms with Crippen molar-refractivity contribution < 1.29 is 0 Å². The number of likely N-dealkylation sites (tertiary alicyclic amines) is 1. The quantitative estimate of drug-likeness (QED) is 0.729. The van der Waals surface area contributed by atoms with Crippen LogP contribution in [-0.4, -0.2) is 39.6 Å². The van der Waals surface area contributed by atoms with E-state index in [0.29, 0.717) is 11.3 Å². The lowest BCUT2D eigenvalue weighted by Gasteiger charge is -2.06. The molecule has 0 bridgehead atoms. The maximum atomic E-state index is 12.1. The van der Waals surface area contributed by atoms with Crippen molar-refractivity contribution in [1.29, 1.82) is 0 Å². The molecule has 1 atom stereocenters. The fourth-order valence-electron chi connectivity index (χ4n) is 3.08. The van der Waals surface area contributed by atoms with Gasteiger partial charge in [-0.3, -0.25) is 4.79 Å². The molecule has 0 radical (unpaired) electrons. The highest BCUT2D eigenvalue weighted by Gasteiger charge is 2.24. The molecule has 1 fully saturated rings. The summed E-state index contributed by atoms with van der Waals surface area (Å²) in [7, 11) is 2.13. The molecule has 3 aromatic rings. The van der Waals surface area contributed by atoms with E-state index in [1.165, 1.54) is 0 Å². The molecule has 5 heteroatoms. The third-order valence-corrected chi connectivity index (χ3v) is 4.16. The van der Waals surface area contributed by atoms with Gasteiger partial charge in [0.1, 0.15) is 5.65 Å². The van der Waals surface area contributed by atoms with E-state index in [1.54, 1.807) is 0 Å². The molecular weight excluding hydrogens is 252 g/mol. The summed E-state index contributed by atoms with van der Waals surface area (Å²) in [6.07, 6.45) is 1.13. The summed E-state index contributed by atoms with van der Waals surface area (Å²) >= 11 is 0. The Morgan fingerprint density at radius 3 is 3.00 bits per heavy atom. The number of hydrogen-bond donors (Lipinski definition) is 1. The molecule has 1 unspecified atom stereocenters. The molecule has 1 aromatic carbocycles. The van der Waals surface area contributed by atoms with Gasteiger partial charge in [-0.1, -0.05) is 12.1 Å².